The molecule has 0 unspecified atom stereocenters. The molecule has 0 atom stereocenters. The highest BCUT2D eigenvalue weighted by Crippen LogP contribution is 2.17. The third-order valence-electron chi connectivity index (χ3n) is 3.84. The van der Waals surface area contributed by atoms with Crippen molar-refractivity contribution in [3.8, 4) is 0 Å². The summed E-state index contributed by atoms with van der Waals surface area (Å²) in [6.07, 6.45) is 0.804. The number of nitrogens with zero attached hydrogens (tertiary/aromatic N) is 1. The summed E-state index contributed by atoms with van der Waals surface area (Å²) in [5.74, 6) is -0.0987. The van der Waals surface area contributed by atoms with E-state index in [9.17, 15) is 9.59 Å². The minimum absolute atomic E-state index is 0.0925. The van der Waals surface area contributed by atoms with E-state index in [-0.39, 0.29) is 11.9 Å². The van der Waals surface area contributed by atoms with Crippen LogP contribution in [0.4, 0.5) is 10.5 Å². The molecule has 0 radical (unpaired) electrons. The van der Waals surface area contributed by atoms with Gasteiger partial charge in [0.1, 0.15) is 0 Å². The lowest BCUT2D eigenvalue weighted by atomic mass is 10.1. The van der Waals surface area contributed by atoms with E-state index in [1.165, 1.54) is 5.56 Å². The predicted octanol–water partition coefficient (Wildman–Crippen LogP) is 2.19. The van der Waals surface area contributed by atoms with Gasteiger partial charge in [0.15, 0.2) is 0 Å². The summed E-state index contributed by atoms with van der Waals surface area (Å²) >= 11 is 0. The van der Waals surface area contributed by atoms with Crippen molar-refractivity contribution >= 4 is 17.6 Å². The second-order valence-corrected chi connectivity index (χ2v) is 5.42. The van der Waals surface area contributed by atoms with E-state index in [4.69, 9.17) is 0 Å². The Balaban J connectivity index is 1.54. The third-order valence-corrected chi connectivity index (χ3v) is 3.84. The van der Waals surface area contributed by atoms with E-state index < -0.39 is 0 Å². The fraction of sp³-hybridized carbons (Fsp3) is 0.222. The molecule has 118 valence electrons. The molecule has 2 N–H and O–H groups in total. The topological polar surface area (TPSA) is 61.4 Å². The molecular weight excluding hydrogens is 290 g/mol. The summed E-state index contributed by atoms with van der Waals surface area (Å²) in [7, 11) is 0. The molecule has 0 saturated carbocycles. The van der Waals surface area contributed by atoms with E-state index >= 15 is 0 Å². The van der Waals surface area contributed by atoms with Gasteiger partial charge in [-0.15, -0.1) is 0 Å². The van der Waals surface area contributed by atoms with Crippen molar-refractivity contribution in [3.63, 3.8) is 0 Å². The Morgan fingerprint density at radius 3 is 2.48 bits per heavy atom. The molecule has 1 saturated heterocycles. The van der Waals surface area contributed by atoms with E-state index in [1.54, 1.807) is 29.2 Å². The van der Waals surface area contributed by atoms with Crippen LogP contribution in [-0.4, -0.2) is 31.6 Å². The predicted molar refractivity (Wildman–Crippen MR) is 89.7 cm³/mol. The Kier molecular flexibility index (Phi) is 4.57. The summed E-state index contributed by atoms with van der Waals surface area (Å²) in [6, 6.07) is 17.1. The first-order valence-corrected chi connectivity index (χ1v) is 7.71. The maximum Gasteiger partial charge on any atom is 0.321 e. The molecule has 1 heterocycles. The van der Waals surface area contributed by atoms with Crippen molar-refractivity contribution in [2.75, 3.05) is 24.5 Å². The Labute approximate surface area is 135 Å². The van der Waals surface area contributed by atoms with Gasteiger partial charge in [0.05, 0.1) is 0 Å². The number of carbonyl (C=O) groups is 2. The van der Waals surface area contributed by atoms with Crippen LogP contribution < -0.4 is 15.5 Å². The first-order chi connectivity index (χ1) is 11.2. The van der Waals surface area contributed by atoms with Crippen molar-refractivity contribution < 1.29 is 9.59 Å². The SMILES string of the molecule is O=C(NCCc1ccccc1)c1ccc(N2CCNC2=O)cc1. The van der Waals surface area contributed by atoms with Gasteiger partial charge in [-0.2, -0.15) is 0 Å². The Morgan fingerprint density at radius 1 is 1.09 bits per heavy atom. The van der Waals surface area contributed by atoms with E-state index in [1.807, 2.05) is 30.3 Å². The zero-order chi connectivity index (χ0) is 16.1. The molecule has 3 rings (SSSR count). The molecule has 0 aliphatic carbocycles. The number of urea groups is 1. The minimum atomic E-state index is -0.0987. The van der Waals surface area contributed by atoms with Crippen LogP contribution in [0, 0.1) is 0 Å². The average Bonchev–Trinajstić information content (AvgIpc) is 3.02. The lowest BCUT2D eigenvalue weighted by molar-refractivity contribution is 0.0954. The maximum atomic E-state index is 12.1. The minimum Gasteiger partial charge on any atom is -0.352 e. The Morgan fingerprint density at radius 2 is 1.83 bits per heavy atom. The monoisotopic (exact) mass is 309 g/mol. The molecule has 23 heavy (non-hydrogen) atoms. The summed E-state index contributed by atoms with van der Waals surface area (Å²) in [4.78, 5) is 25.4. The number of amides is 3. The van der Waals surface area contributed by atoms with Gasteiger partial charge in [-0.1, -0.05) is 30.3 Å². The van der Waals surface area contributed by atoms with Gasteiger partial charge in [0, 0.05) is 30.9 Å². The van der Waals surface area contributed by atoms with E-state index in [0.717, 1.165) is 12.1 Å². The highest BCUT2D eigenvalue weighted by molar-refractivity contribution is 5.96. The number of nitrogens with one attached hydrogen (secondary N) is 2. The maximum absolute atomic E-state index is 12.1. The summed E-state index contributed by atoms with van der Waals surface area (Å²) in [5, 5.41) is 5.67. The van der Waals surface area contributed by atoms with Crippen LogP contribution in [0.15, 0.2) is 54.6 Å². The molecular formula is C18H19N3O2. The summed E-state index contributed by atoms with van der Waals surface area (Å²) < 4.78 is 0. The number of anilines is 1. The molecule has 5 nitrogen and oxygen atoms in total. The van der Waals surface area contributed by atoms with E-state index in [2.05, 4.69) is 10.6 Å². The van der Waals surface area contributed by atoms with Crippen molar-refractivity contribution in [1.29, 1.82) is 0 Å². The smallest absolute Gasteiger partial charge is 0.321 e. The van der Waals surface area contributed by atoms with Gasteiger partial charge in [-0.05, 0) is 36.2 Å². The molecule has 1 fully saturated rings. The van der Waals surface area contributed by atoms with Gasteiger partial charge in [-0.25, -0.2) is 4.79 Å². The largest absolute Gasteiger partial charge is 0.352 e. The Hall–Kier alpha value is -2.82. The summed E-state index contributed by atoms with van der Waals surface area (Å²) in [6.45, 7) is 1.90. The molecule has 3 amide bonds. The number of rotatable bonds is 5. The quantitative estimate of drug-likeness (QED) is 0.889. The van der Waals surface area contributed by atoms with E-state index in [0.29, 0.717) is 25.2 Å². The standard InChI is InChI=1S/C18H19N3O2/c22-17(19-11-10-14-4-2-1-3-5-14)15-6-8-16(9-7-15)21-13-12-20-18(21)23/h1-9H,10-13H2,(H,19,22)(H,20,23). The molecule has 2 aromatic rings. The van der Waals surface area contributed by atoms with Crippen LogP contribution in [0.5, 0.6) is 0 Å². The van der Waals surface area contributed by atoms with Crippen molar-refractivity contribution in [2.45, 2.75) is 6.42 Å². The molecule has 0 aromatic heterocycles. The molecule has 5 heteroatoms. The molecule has 0 bridgehead atoms. The van der Waals surface area contributed by atoms with Crippen molar-refractivity contribution in [1.82, 2.24) is 10.6 Å². The normalized spacial score (nSPS) is 13.7. The van der Waals surface area contributed by atoms with Crippen LogP contribution >= 0.6 is 0 Å². The first kappa shape index (κ1) is 15.1. The van der Waals surface area contributed by atoms with Crippen LogP contribution in [0.25, 0.3) is 0 Å². The van der Waals surface area contributed by atoms with Crippen molar-refractivity contribution in [3.05, 3.63) is 65.7 Å². The van der Waals surface area contributed by atoms with Crippen LogP contribution in [0.2, 0.25) is 0 Å². The third kappa shape index (κ3) is 3.69. The molecule has 1 aliphatic heterocycles. The van der Waals surface area contributed by atoms with Crippen LogP contribution in [0.1, 0.15) is 15.9 Å². The van der Waals surface area contributed by atoms with Crippen molar-refractivity contribution in [2.24, 2.45) is 0 Å². The van der Waals surface area contributed by atoms with Crippen LogP contribution in [-0.2, 0) is 6.42 Å². The molecule has 2 aromatic carbocycles. The number of carbonyl (C=O) groups excluding carboxylic acids is 2. The van der Waals surface area contributed by atoms with Gasteiger partial charge in [-0.3, -0.25) is 9.69 Å². The first-order valence-electron chi connectivity index (χ1n) is 7.71. The fourth-order valence-electron chi connectivity index (χ4n) is 2.58. The number of hydrogen-bond acceptors (Lipinski definition) is 2. The summed E-state index contributed by atoms with van der Waals surface area (Å²) in [5.41, 5.74) is 2.60. The lowest BCUT2D eigenvalue weighted by Gasteiger charge is -2.14. The average molecular weight is 309 g/mol. The number of hydrogen-bond donors (Lipinski definition) is 2. The number of benzene rings is 2. The highest BCUT2D eigenvalue weighted by Gasteiger charge is 2.21. The van der Waals surface area contributed by atoms with Gasteiger partial charge < -0.3 is 10.6 Å². The molecule has 0 spiro atoms. The molecule has 1 aliphatic rings. The fourth-order valence-corrected chi connectivity index (χ4v) is 2.58. The van der Waals surface area contributed by atoms with Gasteiger partial charge in [0.25, 0.3) is 5.91 Å². The lowest BCUT2D eigenvalue weighted by Crippen LogP contribution is -2.28. The van der Waals surface area contributed by atoms with Gasteiger partial charge in [0.2, 0.25) is 0 Å². The Bertz CT molecular complexity index is 683. The second-order valence-electron chi connectivity index (χ2n) is 5.42. The van der Waals surface area contributed by atoms with Gasteiger partial charge >= 0.3 is 6.03 Å². The zero-order valence-electron chi connectivity index (χ0n) is 12.8. The highest BCUT2D eigenvalue weighted by atomic mass is 16.2. The zero-order valence-corrected chi connectivity index (χ0v) is 12.8. The second kappa shape index (κ2) is 6.96. The van der Waals surface area contributed by atoms with Crippen LogP contribution in [0.3, 0.4) is 0 Å².